The molecule has 1 fully saturated rings. The van der Waals surface area contributed by atoms with E-state index in [0.717, 1.165) is 41.7 Å². The second kappa shape index (κ2) is 7.64. The van der Waals surface area contributed by atoms with Crippen LogP contribution in [-0.4, -0.2) is 15.3 Å². The molecule has 3 nitrogen and oxygen atoms in total. The number of aromatic nitrogens is 2. The van der Waals surface area contributed by atoms with E-state index in [4.69, 9.17) is 11.4 Å². The highest BCUT2D eigenvalue weighted by atomic mass is 32.2. The molecule has 0 atom stereocenters. The molecule has 0 amide bonds. The van der Waals surface area contributed by atoms with Crippen LogP contribution in [-0.2, 0) is 18.4 Å². The van der Waals surface area contributed by atoms with Crippen LogP contribution in [0.15, 0.2) is 46.4 Å². The summed E-state index contributed by atoms with van der Waals surface area (Å²) >= 11 is 1.46. The zero-order chi connectivity index (χ0) is 19.7. The van der Waals surface area contributed by atoms with E-state index in [2.05, 4.69) is 30.7 Å². The van der Waals surface area contributed by atoms with Crippen molar-refractivity contribution in [3.05, 3.63) is 57.9 Å². The quantitative estimate of drug-likeness (QED) is 0.320. The van der Waals surface area contributed by atoms with Crippen LogP contribution in [0.5, 0.6) is 0 Å². The third-order valence-electron chi connectivity index (χ3n) is 5.99. The van der Waals surface area contributed by atoms with Crippen molar-refractivity contribution in [1.29, 1.82) is 0 Å². The summed E-state index contributed by atoms with van der Waals surface area (Å²) in [6.07, 6.45) is 12.2. The van der Waals surface area contributed by atoms with Crippen molar-refractivity contribution in [2.24, 2.45) is 0 Å². The van der Waals surface area contributed by atoms with Gasteiger partial charge in [-0.05, 0) is 31.7 Å². The zero-order valence-corrected chi connectivity index (χ0v) is 17.3. The summed E-state index contributed by atoms with van der Waals surface area (Å²) < 4.78 is 1.80. The summed E-state index contributed by atoms with van der Waals surface area (Å²) in [5, 5.41) is 0.701. The molecule has 2 aromatic rings. The maximum absolute atomic E-state index is 13.8. The Labute approximate surface area is 171 Å². The number of hydrogen-bond donors (Lipinski definition) is 0. The van der Waals surface area contributed by atoms with E-state index in [9.17, 15) is 4.79 Å². The average molecular weight is 391 g/mol. The summed E-state index contributed by atoms with van der Waals surface area (Å²) in [6, 6.07) is 8.44. The van der Waals surface area contributed by atoms with E-state index >= 15 is 0 Å². The highest BCUT2D eigenvalue weighted by Crippen LogP contribution is 2.48. The van der Waals surface area contributed by atoms with Gasteiger partial charge in [-0.2, -0.15) is 0 Å². The van der Waals surface area contributed by atoms with Gasteiger partial charge >= 0.3 is 0 Å². The number of fused-ring (bicyclic) bond motifs is 4. The van der Waals surface area contributed by atoms with Crippen LogP contribution >= 0.6 is 11.8 Å². The van der Waals surface area contributed by atoms with E-state index in [1.807, 2.05) is 13.0 Å². The van der Waals surface area contributed by atoms with E-state index in [-0.39, 0.29) is 11.0 Å². The highest BCUT2D eigenvalue weighted by molar-refractivity contribution is 7.99. The largest absolute Gasteiger partial charge is 0.283 e. The predicted molar refractivity (Wildman–Crippen MR) is 117 cm³/mol. The van der Waals surface area contributed by atoms with Crippen LogP contribution < -0.4 is 5.56 Å². The molecule has 0 radical (unpaired) electrons. The molecule has 2 aliphatic carbocycles. The van der Waals surface area contributed by atoms with Gasteiger partial charge in [-0.15, -0.1) is 6.42 Å². The van der Waals surface area contributed by atoms with Gasteiger partial charge in [-0.25, -0.2) is 4.98 Å². The normalized spacial score (nSPS) is 16.9. The minimum Gasteiger partial charge on any atom is -0.283 e. The lowest BCUT2D eigenvalue weighted by Crippen LogP contribution is -2.43. The third-order valence-corrected chi connectivity index (χ3v) is 6.87. The van der Waals surface area contributed by atoms with E-state index in [1.165, 1.54) is 36.6 Å². The first-order chi connectivity index (χ1) is 13.6. The second-order valence-electron chi connectivity index (χ2n) is 8.13. The second-order valence-corrected chi connectivity index (χ2v) is 9.08. The molecule has 1 aromatic carbocycles. The maximum atomic E-state index is 13.8. The van der Waals surface area contributed by atoms with E-state index < -0.39 is 0 Å². The molecule has 0 aliphatic heterocycles. The van der Waals surface area contributed by atoms with Crippen LogP contribution in [0.1, 0.15) is 50.2 Å². The van der Waals surface area contributed by atoms with Crippen LogP contribution in [0.3, 0.4) is 0 Å². The van der Waals surface area contributed by atoms with E-state index in [1.54, 1.807) is 4.57 Å². The topological polar surface area (TPSA) is 34.9 Å². The van der Waals surface area contributed by atoms with Gasteiger partial charge in [0.2, 0.25) is 0 Å². The zero-order valence-electron chi connectivity index (χ0n) is 16.5. The minimum atomic E-state index is -0.0852. The lowest BCUT2D eigenvalue weighted by Gasteiger charge is -2.42. The first-order valence-corrected chi connectivity index (χ1v) is 11.0. The molecule has 4 rings (SSSR count). The molecule has 1 aromatic heterocycles. The molecule has 0 saturated heterocycles. The summed E-state index contributed by atoms with van der Waals surface area (Å²) in [7, 11) is 0. The number of rotatable bonds is 4. The molecule has 28 heavy (non-hydrogen) atoms. The molecule has 0 N–H and O–H groups in total. The smallest absolute Gasteiger partial charge is 0.258 e. The minimum absolute atomic E-state index is 0.0852. The lowest BCUT2D eigenvalue weighted by atomic mass is 9.62. The molecule has 1 heterocycles. The number of terminal acetylenes is 1. The Morgan fingerprint density at radius 3 is 2.79 bits per heavy atom. The fourth-order valence-corrected chi connectivity index (χ4v) is 5.52. The predicted octanol–water partition coefficient (Wildman–Crippen LogP) is 4.97. The van der Waals surface area contributed by atoms with Gasteiger partial charge in [0.1, 0.15) is 0 Å². The van der Waals surface area contributed by atoms with Crippen molar-refractivity contribution in [3.63, 3.8) is 0 Å². The molecule has 2 aliphatic rings. The fraction of sp³-hybridized carbons (Fsp3) is 0.417. The van der Waals surface area contributed by atoms with Gasteiger partial charge in [-0.1, -0.05) is 73.4 Å². The van der Waals surface area contributed by atoms with Gasteiger partial charge in [0, 0.05) is 17.5 Å². The highest BCUT2D eigenvalue weighted by Gasteiger charge is 2.43. The van der Waals surface area contributed by atoms with Crippen LogP contribution in [0.25, 0.3) is 11.3 Å². The molecule has 4 heteroatoms. The Hall–Kier alpha value is -2.25. The number of thioether (sulfide) groups is 1. The molecule has 1 spiro atoms. The van der Waals surface area contributed by atoms with Crippen molar-refractivity contribution >= 4 is 11.8 Å². The molecule has 144 valence electrons. The molecule has 0 bridgehead atoms. The lowest BCUT2D eigenvalue weighted by molar-refractivity contribution is 0.282. The third kappa shape index (κ3) is 3.22. The Balaban J connectivity index is 2.00. The van der Waals surface area contributed by atoms with Crippen LogP contribution in [0.2, 0.25) is 0 Å². The van der Waals surface area contributed by atoms with Crippen molar-refractivity contribution in [2.45, 2.75) is 62.6 Å². The molecular formula is C24H26N2OS. The first kappa shape index (κ1) is 19.1. The number of benzene rings is 1. The van der Waals surface area contributed by atoms with Gasteiger partial charge in [0.15, 0.2) is 5.16 Å². The maximum Gasteiger partial charge on any atom is 0.258 e. The van der Waals surface area contributed by atoms with Crippen molar-refractivity contribution in [2.75, 3.05) is 5.75 Å². The average Bonchev–Trinajstić information content (AvgIpc) is 2.69. The molecule has 1 saturated carbocycles. The monoisotopic (exact) mass is 390 g/mol. The Morgan fingerprint density at radius 1 is 1.32 bits per heavy atom. The van der Waals surface area contributed by atoms with Crippen LogP contribution in [0.4, 0.5) is 0 Å². The fourth-order valence-electron chi connectivity index (χ4n) is 4.85. The summed E-state index contributed by atoms with van der Waals surface area (Å²) in [5.41, 5.74) is 5.19. The summed E-state index contributed by atoms with van der Waals surface area (Å²) in [4.78, 5) is 18.9. The standard InChI is InChI=1S/C24H26N2OS/c1-4-14-28-23-25-21-19-11-7-6-10-18(19)15-24(12-8-5-9-13-24)20(21)22(27)26(23)16-17(2)3/h1,6-7,10-11H,2,5,8-9,12-16H2,3H3. The number of nitrogens with zero attached hydrogens (tertiary/aromatic N) is 2. The number of hydrogen-bond acceptors (Lipinski definition) is 3. The first-order valence-electron chi connectivity index (χ1n) is 10.00. The van der Waals surface area contributed by atoms with Gasteiger partial charge in [0.05, 0.1) is 17.0 Å². The molecular weight excluding hydrogens is 364 g/mol. The van der Waals surface area contributed by atoms with Crippen LogP contribution in [0, 0.1) is 12.3 Å². The van der Waals surface area contributed by atoms with Gasteiger partial charge in [-0.3, -0.25) is 9.36 Å². The Morgan fingerprint density at radius 2 is 2.07 bits per heavy atom. The Kier molecular flexibility index (Phi) is 5.21. The number of allylic oxidation sites excluding steroid dienone is 1. The Bertz CT molecular complexity index is 1020. The van der Waals surface area contributed by atoms with Crippen molar-refractivity contribution in [3.8, 4) is 23.6 Å². The SMILES string of the molecule is C#CCSc1nc2c(c(=O)n1CC(=C)C)C1(CCCCC1)Cc1ccccc1-2. The van der Waals surface area contributed by atoms with Crippen molar-refractivity contribution in [1.82, 2.24) is 9.55 Å². The molecule has 0 unspecified atom stereocenters. The van der Waals surface area contributed by atoms with E-state index in [0.29, 0.717) is 17.5 Å². The summed E-state index contributed by atoms with van der Waals surface area (Å²) in [6.45, 7) is 6.47. The van der Waals surface area contributed by atoms with Gasteiger partial charge < -0.3 is 0 Å². The van der Waals surface area contributed by atoms with Gasteiger partial charge in [0.25, 0.3) is 5.56 Å². The summed E-state index contributed by atoms with van der Waals surface area (Å²) in [5.74, 6) is 3.15. The van der Waals surface area contributed by atoms with Crippen molar-refractivity contribution < 1.29 is 0 Å².